The van der Waals surface area contributed by atoms with Gasteiger partial charge in [-0.05, 0) is 49.0 Å². The van der Waals surface area contributed by atoms with Gasteiger partial charge in [0.05, 0.1) is 11.2 Å². The molecule has 4 bridgehead atoms. The molecule has 5 aliphatic rings. The Morgan fingerprint density at radius 2 is 1.92 bits per heavy atom. The molecule has 0 spiro atoms. The fourth-order valence-corrected chi connectivity index (χ4v) is 4.55. The van der Waals surface area contributed by atoms with Crippen molar-refractivity contribution in [1.82, 2.24) is 0 Å². The van der Waals surface area contributed by atoms with Crippen LogP contribution in [0.5, 0.6) is 0 Å². The molecule has 0 aromatic carbocycles. The van der Waals surface area contributed by atoms with E-state index < -0.39 is 29.4 Å². The molecule has 0 amide bonds. The minimum Gasteiger partial charge on any atom is -0.512 e. The number of carbonyl (C=O) groups excluding carboxylic acids is 1. The summed E-state index contributed by atoms with van der Waals surface area (Å²) in [4.78, 5) is 23.5. The van der Waals surface area contributed by atoms with Crippen LogP contribution in [0.3, 0.4) is 0 Å². The number of alkyl halides is 2. The summed E-state index contributed by atoms with van der Waals surface area (Å²) < 4.78 is 33.0. The number of aliphatic carboxylic acids is 1. The van der Waals surface area contributed by atoms with Crippen molar-refractivity contribution < 1.29 is 33.3 Å². The van der Waals surface area contributed by atoms with E-state index in [2.05, 4.69) is 0 Å². The monoisotopic (exact) mass is 344 g/mol. The molecule has 3 saturated carbocycles. The van der Waals surface area contributed by atoms with Crippen LogP contribution in [0.2, 0.25) is 0 Å². The van der Waals surface area contributed by atoms with Gasteiger partial charge in [-0.2, -0.15) is 8.78 Å². The van der Waals surface area contributed by atoms with Crippen molar-refractivity contribution in [2.24, 2.45) is 23.2 Å². The van der Waals surface area contributed by atoms with E-state index in [4.69, 9.17) is 9.84 Å². The van der Waals surface area contributed by atoms with Gasteiger partial charge in [-0.15, -0.1) is 0 Å². The van der Waals surface area contributed by atoms with Gasteiger partial charge in [-0.3, -0.25) is 4.79 Å². The number of aliphatic hydroxyl groups is 1. The second kappa shape index (κ2) is 5.43. The number of carboxylic acids is 1. The molecule has 0 heterocycles. The predicted molar refractivity (Wildman–Crippen MR) is 79.5 cm³/mol. The van der Waals surface area contributed by atoms with Gasteiger partial charge in [-0.25, -0.2) is 4.79 Å². The number of rotatable bonds is 6. The first-order valence-corrected chi connectivity index (χ1v) is 8.31. The van der Waals surface area contributed by atoms with Gasteiger partial charge in [0.1, 0.15) is 0 Å². The van der Waals surface area contributed by atoms with Crippen molar-refractivity contribution in [1.29, 1.82) is 0 Å². The van der Waals surface area contributed by atoms with Gasteiger partial charge in [0.15, 0.2) is 6.10 Å². The smallest absolute Gasteiger partial charge is 0.378 e. The van der Waals surface area contributed by atoms with Gasteiger partial charge in [0.25, 0.3) is 0 Å². The Balaban J connectivity index is 1.79. The van der Waals surface area contributed by atoms with Gasteiger partial charge in [0, 0.05) is 6.42 Å². The molecular weight excluding hydrogens is 322 g/mol. The summed E-state index contributed by atoms with van der Waals surface area (Å²) in [5.74, 6) is -7.02. The quantitative estimate of drug-likeness (QED) is 0.722. The highest BCUT2D eigenvalue weighted by Gasteiger charge is 2.61. The van der Waals surface area contributed by atoms with Crippen LogP contribution in [-0.4, -0.2) is 34.2 Å². The first kappa shape index (κ1) is 17.2. The topological polar surface area (TPSA) is 83.8 Å². The lowest BCUT2D eigenvalue weighted by atomic mass is 9.47. The summed E-state index contributed by atoms with van der Waals surface area (Å²) in [5.41, 5.74) is 0.0303. The summed E-state index contributed by atoms with van der Waals surface area (Å²) in [6.45, 7) is 3.32. The first-order chi connectivity index (χ1) is 11.1. The van der Waals surface area contributed by atoms with E-state index in [1.54, 1.807) is 13.8 Å². The molecule has 5 nitrogen and oxygen atoms in total. The van der Waals surface area contributed by atoms with Crippen LogP contribution in [0.1, 0.15) is 46.0 Å². The number of carboxylic acid groups (broad SMARTS) is 1. The molecule has 0 aromatic heterocycles. The van der Waals surface area contributed by atoms with Crippen LogP contribution < -0.4 is 0 Å². The van der Waals surface area contributed by atoms with Crippen molar-refractivity contribution in [3.8, 4) is 0 Å². The van der Waals surface area contributed by atoms with Crippen LogP contribution in [0.25, 0.3) is 0 Å². The maximum atomic E-state index is 14.0. The highest BCUT2D eigenvalue weighted by atomic mass is 19.3. The number of fused-ring (bicyclic) bond motifs is 1. The van der Waals surface area contributed by atoms with Crippen molar-refractivity contribution in [2.75, 3.05) is 0 Å². The number of allylic oxidation sites excluding steroid dienone is 2. The van der Waals surface area contributed by atoms with Gasteiger partial charge in [-0.1, -0.05) is 13.8 Å². The predicted octanol–water partition coefficient (Wildman–Crippen LogP) is 3.30. The van der Waals surface area contributed by atoms with Crippen molar-refractivity contribution in [3.63, 3.8) is 0 Å². The Hall–Kier alpha value is -1.66. The summed E-state index contributed by atoms with van der Waals surface area (Å²) in [6.07, 6.45) is -0.219. The van der Waals surface area contributed by atoms with Crippen molar-refractivity contribution >= 4 is 11.9 Å². The van der Waals surface area contributed by atoms with E-state index in [1.165, 1.54) is 0 Å². The molecule has 0 aromatic rings. The molecule has 7 heteroatoms. The minimum absolute atomic E-state index is 0.112. The molecule has 0 aliphatic heterocycles. The lowest BCUT2D eigenvalue weighted by molar-refractivity contribution is -0.204. The second-order valence-electron chi connectivity index (χ2n) is 7.85. The normalized spacial score (nSPS) is 32.5. The summed E-state index contributed by atoms with van der Waals surface area (Å²) in [7, 11) is 0. The zero-order valence-electron chi connectivity index (χ0n) is 13.7. The van der Waals surface area contributed by atoms with E-state index in [0.717, 1.165) is 12.0 Å². The SMILES string of the molecule is CC(C)CC(OC(=O)C12CC(O)=C3C(CC3C1)C2)C(F)(F)C(=O)O. The number of hydrogen-bond acceptors (Lipinski definition) is 4. The molecule has 3 unspecified atom stereocenters. The lowest BCUT2D eigenvalue weighted by Gasteiger charge is -2.57. The first-order valence-electron chi connectivity index (χ1n) is 8.31. The largest absolute Gasteiger partial charge is 0.512 e. The van der Waals surface area contributed by atoms with Crippen LogP contribution >= 0.6 is 0 Å². The zero-order chi connectivity index (χ0) is 17.9. The van der Waals surface area contributed by atoms with Crippen LogP contribution in [-0.2, 0) is 14.3 Å². The summed E-state index contributed by atoms with van der Waals surface area (Å²) in [5, 5.41) is 18.9. The van der Waals surface area contributed by atoms with Gasteiger partial charge >= 0.3 is 17.9 Å². The Bertz CT molecular complexity index is 596. The van der Waals surface area contributed by atoms with Crippen molar-refractivity contribution in [3.05, 3.63) is 11.3 Å². The number of carbonyl (C=O) groups is 2. The van der Waals surface area contributed by atoms with E-state index in [0.29, 0.717) is 12.8 Å². The van der Waals surface area contributed by atoms with Crippen molar-refractivity contribution in [2.45, 2.75) is 58.0 Å². The molecule has 5 aliphatic carbocycles. The number of esters is 1. The second-order valence-corrected chi connectivity index (χ2v) is 7.85. The fourth-order valence-electron chi connectivity index (χ4n) is 4.55. The maximum absolute atomic E-state index is 14.0. The Labute approximate surface area is 138 Å². The van der Waals surface area contributed by atoms with Crippen LogP contribution in [0.15, 0.2) is 11.3 Å². The average Bonchev–Trinajstić information content (AvgIpc) is 2.44. The van der Waals surface area contributed by atoms with Crippen LogP contribution in [0, 0.1) is 23.2 Å². The molecule has 24 heavy (non-hydrogen) atoms. The molecule has 2 N–H and O–H groups in total. The van der Waals surface area contributed by atoms with Crippen LogP contribution in [0.4, 0.5) is 8.78 Å². The Kier molecular flexibility index (Phi) is 3.88. The summed E-state index contributed by atoms with van der Waals surface area (Å²) in [6, 6.07) is 0. The molecule has 3 atom stereocenters. The highest BCUT2D eigenvalue weighted by Crippen LogP contribution is 2.64. The lowest BCUT2D eigenvalue weighted by Crippen LogP contribution is -2.54. The van der Waals surface area contributed by atoms with Gasteiger partial charge in [0.2, 0.25) is 0 Å². The minimum atomic E-state index is -4.13. The Morgan fingerprint density at radius 3 is 2.38 bits per heavy atom. The third kappa shape index (κ3) is 2.48. The van der Waals surface area contributed by atoms with E-state index in [9.17, 15) is 23.5 Å². The molecular formula is C17H22F2O5. The maximum Gasteiger partial charge on any atom is 0.378 e. The molecule has 5 rings (SSSR count). The molecule has 0 radical (unpaired) electrons. The average molecular weight is 344 g/mol. The molecule has 134 valence electrons. The fraction of sp³-hybridized carbons (Fsp3) is 0.765. The summed E-state index contributed by atoms with van der Waals surface area (Å²) >= 11 is 0. The third-order valence-electron chi connectivity index (χ3n) is 5.62. The third-order valence-corrected chi connectivity index (χ3v) is 5.62. The zero-order valence-corrected chi connectivity index (χ0v) is 13.7. The number of ether oxygens (including phenoxy) is 1. The number of hydrogen-bond donors (Lipinski definition) is 2. The number of halogens is 2. The highest BCUT2D eigenvalue weighted by molar-refractivity contribution is 5.81. The van der Waals surface area contributed by atoms with E-state index >= 15 is 0 Å². The molecule has 0 saturated heterocycles. The molecule has 3 fully saturated rings. The van der Waals surface area contributed by atoms with E-state index in [1.807, 2.05) is 0 Å². The number of aliphatic hydroxyl groups excluding tert-OH is 1. The standard InChI is InChI=1S/C17H22F2O5/c1-8(2)3-12(17(18,19)14(21)22)24-15(23)16-5-9-4-10(6-16)13(9)11(20)7-16/h8-10,12,20H,3-7H2,1-2H3,(H,21,22). The van der Waals surface area contributed by atoms with E-state index in [-0.39, 0.29) is 36.4 Å². The Morgan fingerprint density at radius 1 is 1.33 bits per heavy atom. The van der Waals surface area contributed by atoms with Gasteiger partial charge < -0.3 is 14.9 Å².